The minimum Gasteiger partial charge on any atom is -0.460 e. The number of rotatable bonds is 3. The predicted molar refractivity (Wildman–Crippen MR) is 64.1 cm³/mol. The molecular weight excluding hydrogens is 216 g/mol. The Hall–Kier alpha value is -1.32. The van der Waals surface area contributed by atoms with E-state index in [9.17, 15) is 4.79 Å². The van der Waals surface area contributed by atoms with Crippen LogP contribution in [-0.4, -0.2) is 15.7 Å². The molecule has 1 aromatic heterocycles. The summed E-state index contributed by atoms with van der Waals surface area (Å²) in [6.45, 7) is 2.55. The van der Waals surface area contributed by atoms with Gasteiger partial charge in [-0.2, -0.15) is 5.10 Å². The van der Waals surface area contributed by atoms with Crippen molar-refractivity contribution in [3.8, 4) is 0 Å². The molecule has 1 aromatic rings. The number of carbonyl (C=O) groups is 1. The lowest BCUT2D eigenvalue weighted by Crippen LogP contribution is -2.23. The molecule has 0 saturated heterocycles. The number of hydrogen-bond donors (Lipinski definition) is 0. The fourth-order valence-electron chi connectivity index (χ4n) is 2.47. The Morgan fingerprint density at radius 3 is 3.06 bits per heavy atom. The molecule has 0 aliphatic heterocycles. The van der Waals surface area contributed by atoms with Crippen molar-refractivity contribution < 1.29 is 9.53 Å². The molecule has 1 saturated carbocycles. The van der Waals surface area contributed by atoms with Gasteiger partial charge in [0.25, 0.3) is 0 Å². The maximum Gasteiger partial charge on any atom is 0.309 e. The van der Waals surface area contributed by atoms with Crippen molar-refractivity contribution in [1.29, 1.82) is 0 Å². The largest absolute Gasteiger partial charge is 0.460 e. The zero-order valence-corrected chi connectivity index (χ0v) is 10.6. The Kier molecular flexibility index (Phi) is 3.82. The summed E-state index contributed by atoms with van der Waals surface area (Å²) in [5, 5.41) is 4.04. The van der Waals surface area contributed by atoms with E-state index in [-0.39, 0.29) is 11.9 Å². The molecule has 0 radical (unpaired) electrons. The van der Waals surface area contributed by atoms with Crippen LogP contribution in [0.25, 0.3) is 0 Å². The highest BCUT2D eigenvalue weighted by Crippen LogP contribution is 2.29. The van der Waals surface area contributed by atoms with Gasteiger partial charge in [-0.15, -0.1) is 0 Å². The molecule has 1 aliphatic rings. The van der Waals surface area contributed by atoms with Crippen molar-refractivity contribution in [3.05, 3.63) is 18.0 Å². The predicted octanol–water partition coefficient (Wildman–Crippen LogP) is 2.29. The van der Waals surface area contributed by atoms with E-state index in [2.05, 4.69) is 12.0 Å². The summed E-state index contributed by atoms with van der Waals surface area (Å²) in [4.78, 5) is 11.9. The number of aromatic nitrogens is 2. The van der Waals surface area contributed by atoms with Crippen LogP contribution in [0.1, 0.15) is 38.2 Å². The molecule has 1 fully saturated rings. The summed E-state index contributed by atoms with van der Waals surface area (Å²) in [5.74, 6) is 0.718. The number of ether oxygens (including phenoxy) is 1. The van der Waals surface area contributed by atoms with Crippen molar-refractivity contribution >= 4 is 5.97 Å². The average Bonchev–Trinajstić information content (AvgIpc) is 2.72. The van der Waals surface area contributed by atoms with E-state index in [0.29, 0.717) is 12.5 Å². The van der Waals surface area contributed by atoms with Crippen LogP contribution >= 0.6 is 0 Å². The Bertz CT molecular complexity index is 387. The van der Waals surface area contributed by atoms with E-state index in [1.165, 1.54) is 6.42 Å². The number of aryl methyl sites for hydroxylation is 1. The molecule has 2 atom stereocenters. The average molecular weight is 236 g/mol. The van der Waals surface area contributed by atoms with Gasteiger partial charge in [-0.3, -0.25) is 9.48 Å². The third-order valence-electron chi connectivity index (χ3n) is 3.41. The lowest BCUT2D eigenvalue weighted by molar-refractivity contribution is -0.151. The van der Waals surface area contributed by atoms with Gasteiger partial charge in [-0.05, 0) is 18.8 Å². The fourth-order valence-corrected chi connectivity index (χ4v) is 2.47. The van der Waals surface area contributed by atoms with E-state index < -0.39 is 0 Å². The molecule has 4 nitrogen and oxygen atoms in total. The molecular formula is C13H20N2O2. The van der Waals surface area contributed by atoms with Crippen LogP contribution in [0.4, 0.5) is 0 Å². The second kappa shape index (κ2) is 5.34. The highest BCUT2D eigenvalue weighted by molar-refractivity contribution is 5.72. The van der Waals surface area contributed by atoms with Gasteiger partial charge in [0.2, 0.25) is 0 Å². The van der Waals surface area contributed by atoms with Crippen LogP contribution in [0.5, 0.6) is 0 Å². The molecule has 1 heterocycles. The molecule has 0 aromatic carbocycles. The van der Waals surface area contributed by atoms with Gasteiger partial charge >= 0.3 is 5.97 Å². The van der Waals surface area contributed by atoms with Crippen LogP contribution in [0.2, 0.25) is 0 Å². The van der Waals surface area contributed by atoms with E-state index in [1.54, 1.807) is 10.9 Å². The Morgan fingerprint density at radius 1 is 1.59 bits per heavy atom. The quantitative estimate of drug-likeness (QED) is 0.756. The molecule has 17 heavy (non-hydrogen) atoms. The van der Waals surface area contributed by atoms with Crippen LogP contribution in [0.3, 0.4) is 0 Å². The third-order valence-corrected chi connectivity index (χ3v) is 3.41. The van der Waals surface area contributed by atoms with Gasteiger partial charge in [0, 0.05) is 18.8 Å². The van der Waals surface area contributed by atoms with Crippen molar-refractivity contribution in [2.45, 2.75) is 39.2 Å². The maximum atomic E-state index is 11.9. The fraction of sp³-hybridized carbons (Fsp3) is 0.692. The van der Waals surface area contributed by atoms with Gasteiger partial charge in [-0.25, -0.2) is 0 Å². The molecule has 0 bridgehead atoms. The van der Waals surface area contributed by atoms with Crippen molar-refractivity contribution in [3.63, 3.8) is 0 Å². The Balaban J connectivity index is 1.80. The second-order valence-electron chi connectivity index (χ2n) is 5.10. The zero-order chi connectivity index (χ0) is 12.3. The summed E-state index contributed by atoms with van der Waals surface area (Å²) in [6.07, 6.45) is 7.95. The SMILES string of the molecule is C[C@H]1CCC[C@H](C(=O)OCc2cnn(C)c2)C1. The monoisotopic (exact) mass is 236 g/mol. The minimum absolute atomic E-state index is 0.0413. The first-order valence-corrected chi connectivity index (χ1v) is 6.29. The first kappa shape index (κ1) is 12.1. The molecule has 2 rings (SSSR count). The van der Waals surface area contributed by atoms with Crippen LogP contribution in [0, 0.1) is 11.8 Å². The van der Waals surface area contributed by atoms with E-state index >= 15 is 0 Å². The summed E-state index contributed by atoms with van der Waals surface area (Å²) >= 11 is 0. The van der Waals surface area contributed by atoms with Gasteiger partial charge in [0.1, 0.15) is 6.61 Å². The number of nitrogens with zero attached hydrogens (tertiary/aromatic N) is 2. The van der Waals surface area contributed by atoms with Gasteiger partial charge in [0.15, 0.2) is 0 Å². The second-order valence-corrected chi connectivity index (χ2v) is 5.10. The van der Waals surface area contributed by atoms with Crippen LogP contribution in [-0.2, 0) is 23.2 Å². The minimum atomic E-state index is -0.0413. The highest BCUT2D eigenvalue weighted by atomic mass is 16.5. The van der Waals surface area contributed by atoms with Crippen LogP contribution < -0.4 is 0 Å². The lowest BCUT2D eigenvalue weighted by atomic mass is 9.82. The third kappa shape index (κ3) is 3.32. The molecule has 0 amide bonds. The molecule has 1 aliphatic carbocycles. The van der Waals surface area contributed by atoms with Gasteiger partial charge in [-0.1, -0.05) is 19.8 Å². The smallest absolute Gasteiger partial charge is 0.309 e. The Morgan fingerprint density at radius 2 is 2.41 bits per heavy atom. The van der Waals surface area contributed by atoms with Gasteiger partial charge < -0.3 is 4.74 Å². The summed E-state index contributed by atoms with van der Waals surface area (Å²) in [5.41, 5.74) is 0.949. The molecule has 0 unspecified atom stereocenters. The zero-order valence-electron chi connectivity index (χ0n) is 10.6. The summed E-state index contributed by atoms with van der Waals surface area (Å²) in [6, 6.07) is 0. The summed E-state index contributed by atoms with van der Waals surface area (Å²) in [7, 11) is 1.86. The van der Waals surface area contributed by atoms with Crippen molar-refractivity contribution in [2.24, 2.45) is 18.9 Å². The Labute approximate surface area is 102 Å². The van der Waals surface area contributed by atoms with E-state index in [1.807, 2.05) is 13.2 Å². The summed E-state index contributed by atoms with van der Waals surface area (Å²) < 4.78 is 7.05. The molecule has 4 heteroatoms. The first-order chi connectivity index (χ1) is 8.15. The van der Waals surface area contributed by atoms with E-state index in [4.69, 9.17) is 4.74 Å². The lowest BCUT2D eigenvalue weighted by Gasteiger charge is -2.24. The molecule has 0 spiro atoms. The number of hydrogen-bond acceptors (Lipinski definition) is 3. The van der Waals surface area contributed by atoms with E-state index in [0.717, 1.165) is 24.8 Å². The topological polar surface area (TPSA) is 44.1 Å². The first-order valence-electron chi connectivity index (χ1n) is 6.29. The number of esters is 1. The van der Waals surface area contributed by atoms with Crippen molar-refractivity contribution in [2.75, 3.05) is 0 Å². The normalized spacial score (nSPS) is 24.6. The molecule has 0 N–H and O–H groups in total. The van der Waals surface area contributed by atoms with Crippen molar-refractivity contribution in [1.82, 2.24) is 9.78 Å². The standard InChI is InChI=1S/C13H20N2O2/c1-10-4-3-5-12(6-10)13(16)17-9-11-7-14-15(2)8-11/h7-8,10,12H,3-6,9H2,1-2H3/t10-,12-/m0/s1. The maximum absolute atomic E-state index is 11.9. The molecule has 94 valence electrons. The number of carbonyl (C=O) groups excluding carboxylic acids is 1. The van der Waals surface area contributed by atoms with Gasteiger partial charge in [0.05, 0.1) is 12.1 Å². The highest BCUT2D eigenvalue weighted by Gasteiger charge is 2.26. The van der Waals surface area contributed by atoms with Crippen LogP contribution in [0.15, 0.2) is 12.4 Å².